The minimum Gasteiger partial charge on any atom is -0.497 e. The maximum atomic E-state index is 5.36. The van der Waals surface area contributed by atoms with Gasteiger partial charge < -0.3 is 4.74 Å². The molecule has 1 saturated heterocycles. The van der Waals surface area contributed by atoms with E-state index in [9.17, 15) is 0 Å². The van der Waals surface area contributed by atoms with Gasteiger partial charge in [-0.1, -0.05) is 78.4 Å². The average molecular weight is 370 g/mol. The highest BCUT2D eigenvalue weighted by atomic mass is 16.5. The van der Waals surface area contributed by atoms with Gasteiger partial charge in [-0.3, -0.25) is 4.90 Å². The summed E-state index contributed by atoms with van der Waals surface area (Å²) in [7, 11) is 1.73. The fourth-order valence-corrected chi connectivity index (χ4v) is 4.04. The van der Waals surface area contributed by atoms with Crippen molar-refractivity contribution in [3.8, 4) is 5.75 Å². The predicted molar refractivity (Wildman–Crippen MR) is 116 cm³/mol. The Kier molecular flexibility index (Phi) is 5.89. The van der Waals surface area contributed by atoms with Crippen LogP contribution in [0.4, 0.5) is 0 Å². The van der Waals surface area contributed by atoms with Gasteiger partial charge in [-0.25, -0.2) is 0 Å². The number of piperidine rings is 1. The van der Waals surface area contributed by atoms with Gasteiger partial charge in [0.1, 0.15) is 5.75 Å². The highest BCUT2D eigenvalue weighted by Crippen LogP contribution is 2.32. The maximum Gasteiger partial charge on any atom is 0.119 e. The van der Waals surface area contributed by atoms with Gasteiger partial charge in [-0.2, -0.15) is 0 Å². The minimum absolute atomic E-state index is 0.936. The molecule has 0 amide bonds. The van der Waals surface area contributed by atoms with Crippen LogP contribution in [0.2, 0.25) is 0 Å². The zero-order valence-corrected chi connectivity index (χ0v) is 16.5. The molecule has 0 radical (unpaired) electrons. The van der Waals surface area contributed by atoms with Crippen LogP contribution in [0.15, 0.2) is 90.5 Å². The van der Waals surface area contributed by atoms with E-state index in [2.05, 4.69) is 83.8 Å². The molecular weight excluding hydrogens is 342 g/mol. The maximum absolute atomic E-state index is 5.36. The SMILES string of the molecule is COc1cccc(CN2CCC(=C(c3ccccc3)c3ccccc3)CC2)c1. The molecule has 0 spiro atoms. The number of methoxy groups -OCH3 is 1. The summed E-state index contributed by atoms with van der Waals surface area (Å²) in [5, 5.41) is 0. The van der Waals surface area contributed by atoms with Crippen molar-refractivity contribution in [2.24, 2.45) is 0 Å². The minimum atomic E-state index is 0.936. The first-order valence-corrected chi connectivity index (χ1v) is 10.0. The number of benzene rings is 3. The molecule has 2 nitrogen and oxygen atoms in total. The Balaban J connectivity index is 1.54. The van der Waals surface area contributed by atoms with E-state index in [0.717, 1.165) is 38.2 Å². The summed E-state index contributed by atoms with van der Waals surface area (Å²) in [6.07, 6.45) is 2.23. The van der Waals surface area contributed by atoms with Crippen LogP contribution in [0.25, 0.3) is 5.57 Å². The first kappa shape index (κ1) is 18.5. The van der Waals surface area contributed by atoms with Gasteiger partial charge in [0.25, 0.3) is 0 Å². The van der Waals surface area contributed by atoms with Crippen molar-refractivity contribution in [1.29, 1.82) is 0 Å². The van der Waals surface area contributed by atoms with Crippen molar-refractivity contribution >= 4 is 5.57 Å². The molecule has 0 saturated carbocycles. The van der Waals surface area contributed by atoms with Gasteiger partial charge in [0.05, 0.1) is 7.11 Å². The third-order valence-electron chi connectivity index (χ3n) is 5.48. The van der Waals surface area contributed by atoms with Crippen LogP contribution in [0, 0.1) is 0 Å². The second-order valence-corrected chi connectivity index (χ2v) is 7.34. The molecule has 4 rings (SSSR count). The first-order valence-electron chi connectivity index (χ1n) is 10.0. The normalized spacial score (nSPS) is 14.7. The molecule has 1 aliphatic heterocycles. The molecule has 142 valence electrons. The fraction of sp³-hybridized carbons (Fsp3) is 0.231. The van der Waals surface area contributed by atoms with Crippen molar-refractivity contribution in [2.45, 2.75) is 19.4 Å². The Morgan fingerprint density at radius 3 is 1.96 bits per heavy atom. The predicted octanol–water partition coefficient (Wildman–Crippen LogP) is 5.79. The number of nitrogens with zero attached hydrogens (tertiary/aromatic N) is 1. The standard InChI is InChI=1S/C26H27NO/c1-28-25-14-8-9-21(19-25)20-27-17-15-24(16-18-27)26(22-10-4-2-5-11-22)23-12-6-3-7-13-23/h2-14,19H,15-18,20H2,1H3. The molecule has 3 aromatic rings. The number of rotatable bonds is 5. The molecule has 1 heterocycles. The molecule has 2 heteroatoms. The monoisotopic (exact) mass is 369 g/mol. The van der Waals surface area contributed by atoms with Crippen LogP contribution < -0.4 is 4.74 Å². The second-order valence-electron chi connectivity index (χ2n) is 7.34. The quantitative estimate of drug-likeness (QED) is 0.564. The third-order valence-corrected chi connectivity index (χ3v) is 5.48. The Morgan fingerprint density at radius 2 is 1.39 bits per heavy atom. The molecule has 3 aromatic carbocycles. The van der Waals surface area contributed by atoms with Crippen LogP contribution in [-0.2, 0) is 6.54 Å². The van der Waals surface area contributed by atoms with E-state index >= 15 is 0 Å². The Bertz CT molecular complexity index is 879. The zero-order chi connectivity index (χ0) is 19.2. The molecular formula is C26H27NO. The van der Waals surface area contributed by atoms with Gasteiger partial charge in [-0.15, -0.1) is 0 Å². The summed E-state index contributed by atoms with van der Waals surface area (Å²) < 4.78 is 5.36. The summed E-state index contributed by atoms with van der Waals surface area (Å²) in [6.45, 7) is 3.17. The molecule has 0 N–H and O–H groups in total. The number of ether oxygens (including phenoxy) is 1. The van der Waals surface area contributed by atoms with E-state index < -0.39 is 0 Å². The molecule has 1 aliphatic rings. The van der Waals surface area contributed by atoms with Crippen molar-refractivity contribution < 1.29 is 4.74 Å². The fourth-order valence-electron chi connectivity index (χ4n) is 4.04. The van der Waals surface area contributed by atoms with Crippen LogP contribution in [-0.4, -0.2) is 25.1 Å². The smallest absolute Gasteiger partial charge is 0.119 e. The molecule has 1 fully saturated rings. The third kappa shape index (κ3) is 4.35. The van der Waals surface area contributed by atoms with Crippen molar-refractivity contribution in [3.63, 3.8) is 0 Å². The summed E-state index contributed by atoms with van der Waals surface area (Å²) in [5.74, 6) is 0.936. The second kappa shape index (κ2) is 8.90. The zero-order valence-electron chi connectivity index (χ0n) is 16.5. The van der Waals surface area contributed by atoms with Crippen LogP contribution in [0.3, 0.4) is 0 Å². The largest absolute Gasteiger partial charge is 0.497 e. The van der Waals surface area contributed by atoms with Crippen LogP contribution in [0.1, 0.15) is 29.5 Å². The van der Waals surface area contributed by atoms with E-state index in [1.54, 1.807) is 12.7 Å². The van der Waals surface area contributed by atoms with Gasteiger partial charge in [0.15, 0.2) is 0 Å². The van der Waals surface area contributed by atoms with E-state index in [4.69, 9.17) is 4.74 Å². The topological polar surface area (TPSA) is 12.5 Å². The van der Waals surface area contributed by atoms with Crippen LogP contribution >= 0.6 is 0 Å². The van der Waals surface area contributed by atoms with Gasteiger partial charge in [0.2, 0.25) is 0 Å². The van der Waals surface area contributed by atoms with E-state index in [1.165, 1.54) is 22.3 Å². The van der Waals surface area contributed by atoms with Crippen molar-refractivity contribution in [2.75, 3.05) is 20.2 Å². The van der Waals surface area contributed by atoms with Gasteiger partial charge in [-0.05, 0) is 47.2 Å². The first-order chi connectivity index (χ1) is 13.8. The van der Waals surface area contributed by atoms with E-state index in [1.807, 2.05) is 6.07 Å². The number of likely N-dealkylation sites (tertiary alicyclic amines) is 1. The van der Waals surface area contributed by atoms with E-state index in [-0.39, 0.29) is 0 Å². The lowest BCUT2D eigenvalue weighted by atomic mass is 9.88. The van der Waals surface area contributed by atoms with Crippen molar-refractivity contribution in [1.82, 2.24) is 4.90 Å². The molecule has 0 aliphatic carbocycles. The summed E-state index contributed by atoms with van der Waals surface area (Å²) in [4.78, 5) is 2.55. The number of hydrogen-bond donors (Lipinski definition) is 0. The summed E-state index contributed by atoms with van der Waals surface area (Å²) >= 11 is 0. The lowest BCUT2D eigenvalue weighted by molar-refractivity contribution is 0.248. The molecule has 0 unspecified atom stereocenters. The molecule has 0 atom stereocenters. The van der Waals surface area contributed by atoms with Gasteiger partial charge >= 0.3 is 0 Å². The molecule has 0 aromatic heterocycles. The molecule has 0 bridgehead atoms. The lowest BCUT2D eigenvalue weighted by Gasteiger charge is -2.30. The average Bonchev–Trinajstić information content (AvgIpc) is 2.77. The Hall–Kier alpha value is -2.84. The Morgan fingerprint density at radius 1 is 0.786 bits per heavy atom. The van der Waals surface area contributed by atoms with E-state index in [0.29, 0.717) is 0 Å². The van der Waals surface area contributed by atoms with Crippen molar-refractivity contribution in [3.05, 3.63) is 107 Å². The summed E-state index contributed by atoms with van der Waals surface area (Å²) in [6, 6.07) is 30.1. The van der Waals surface area contributed by atoms with Crippen LogP contribution in [0.5, 0.6) is 5.75 Å². The molecule has 28 heavy (non-hydrogen) atoms. The highest BCUT2D eigenvalue weighted by Gasteiger charge is 2.19. The number of hydrogen-bond acceptors (Lipinski definition) is 2. The lowest BCUT2D eigenvalue weighted by Crippen LogP contribution is -2.30. The highest BCUT2D eigenvalue weighted by molar-refractivity contribution is 5.82. The Labute approximate surface area is 168 Å². The van der Waals surface area contributed by atoms with Gasteiger partial charge in [0, 0.05) is 19.6 Å². The summed E-state index contributed by atoms with van der Waals surface area (Å²) in [5.41, 5.74) is 6.95.